The second-order valence-corrected chi connectivity index (χ2v) is 4.92. The molecular weight excluding hydrogens is 324 g/mol. The van der Waals surface area contributed by atoms with E-state index in [4.69, 9.17) is 10.5 Å². The summed E-state index contributed by atoms with van der Waals surface area (Å²) >= 11 is 0. The van der Waals surface area contributed by atoms with Crippen LogP contribution in [-0.4, -0.2) is 23.0 Å². The van der Waals surface area contributed by atoms with Gasteiger partial charge in [0.2, 0.25) is 0 Å². The molecule has 0 bridgehead atoms. The minimum absolute atomic E-state index is 0.119. The number of pyridine rings is 1. The Bertz CT molecular complexity index is 953. The van der Waals surface area contributed by atoms with Crippen molar-refractivity contribution in [2.24, 2.45) is 0 Å². The fraction of sp³-hybridized carbons (Fsp3) is 0.133. The van der Waals surface area contributed by atoms with Gasteiger partial charge in [0.25, 0.3) is 17.4 Å². The molecule has 0 fully saturated rings. The van der Waals surface area contributed by atoms with Crippen LogP contribution in [0.25, 0.3) is 5.69 Å². The number of ether oxygens (including phenoxy) is 1. The van der Waals surface area contributed by atoms with Gasteiger partial charge >= 0.3 is 0 Å². The number of nitrogens with two attached hydrogens (primary N) is 1. The van der Waals surface area contributed by atoms with Gasteiger partial charge in [0.1, 0.15) is 11.5 Å². The van der Waals surface area contributed by atoms with Crippen molar-refractivity contribution >= 4 is 17.6 Å². The fourth-order valence-electron chi connectivity index (χ4n) is 2.50. The van der Waals surface area contributed by atoms with Gasteiger partial charge in [-0.2, -0.15) is 0 Å². The Morgan fingerprint density at radius 3 is 2.58 bits per heavy atom. The number of nitrogen functional groups attached to an aromatic ring is 1. The van der Waals surface area contributed by atoms with Crippen molar-refractivity contribution in [3.05, 3.63) is 51.3 Å². The van der Waals surface area contributed by atoms with Gasteiger partial charge in [-0.05, 0) is 19.1 Å². The first-order valence-electron chi connectivity index (χ1n) is 6.89. The Kier molecular flexibility index (Phi) is 3.55. The predicted molar refractivity (Wildman–Crippen MR) is 79.3 cm³/mol. The lowest BCUT2D eigenvalue weighted by molar-refractivity contribution is 0.0880. The van der Waals surface area contributed by atoms with Crippen LogP contribution in [-0.2, 0) is 0 Å². The quantitative estimate of drug-likeness (QED) is 0.814. The third kappa shape index (κ3) is 2.13. The lowest BCUT2D eigenvalue weighted by Gasteiger charge is -2.15. The molecule has 0 saturated heterocycles. The lowest BCUT2D eigenvalue weighted by Crippen LogP contribution is -2.26. The second kappa shape index (κ2) is 5.44. The number of carbonyl (C=O) groups is 2. The van der Waals surface area contributed by atoms with Crippen molar-refractivity contribution < 1.29 is 23.1 Å². The standard InChI is InChI=1S/C15H11F2N3O4/c1-2-24-8-4-3-7(16)12(11(8)17)20-9(21)5-6-10(13(20)18)15(23)19-14(6)22/h3-5H,2,18H2,1H3,(H,19,22,23). The molecule has 3 N–H and O–H groups in total. The maximum atomic E-state index is 14.5. The number of nitrogens with one attached hydrogen (secondary N) is 1. The number of nitrogens with zero attached hydrogens (tertiary/aromatic N) is 1. The van der Waals surface area contributed by atoms with E-state index < -0.39 is 40.5 Å². The molecule has 1 aromatic carbocycles. The topological polar surface area (TPSA) is 103 Å². The number of fused-ring (bicyclic) bond motifs is 1. The number of benzene rings is 1. The molecule has 0 spiro atoms. The highest BCUT2D eigenvalue weighted by molar-refractivity contribution is 6.23. The SMILES string of the molecule is CCOc1ccc(F)c(-n2c(N)c3c(cc2=O)C(=O)NC3=O)c1F. The van der Waals surface area contributed by atoms with Crippen LogP contribution in [0.3, 0.4) is 0 Å². The predicted octanol–water partition coefficient (Wildman–Crippen LogP) is 0.980. The van der Waals surface area contributed by atoms with Gasteiger partial charge < -0.3 is 10.5 Å². The summed E-state index contributed by atoms with van der Waals surface area (Å²) in [4.78, 5) is 35.6. The number of amides is 2. The normalized spacial score (nSPS) is 13.0. The van der Waals surface area contributed by atoms with Crippen LogP contribution < -0.4 is 21.3 Å². The van der Waals surface area contributed by atoms with Crippen molar-refractivity contribution in [1.82, 2.24) is 9.88 Å². The summed E-state index contributed by atoms with van der Waals surface area (Å²) in [6.07, 6.45) is 0. The molecule has 1 aromatic heterocycles. The van der Waals surface area contributed by atoms with E-state index in [0.717, 1.165) is 18.2 Å². The van der Waals surface area contributed by atoms with Crippen molar-refractivity contribution in [2.45, 2.75) is 6.92 Å². The first-order chi connectivity index (χ1) is 11.4. The highest BCUT2D eigenvalue weighted by atomic mass is 19.1. The molecule has 24 heavy (non-hydrogen) atoms. The van der Waals surface area contributed by atoms with Gasteiger partial charge in [-0.3, -0.25) is 24.3 Å². The molecule has 3 rings (SSSR count). The van der Waals surface area contributed by atoms with Crippen molar-refractivity contribution in [3.8, 4) is 11.4 Å². The monoisotopic (exact) mass is 335 g/mol. The van der Waals surface area contributed by atoms with Gasteiger partial charge in [-0.1, -0.05) is 0 Å². The van der Waals surface area contributed by atoms with Gasteiger partial charge in [-0.15, -0.1) is 0 Å². The molecule has 2 amide bonds. The highest BCUT2D eigenvalue weighted by Gasteiger charge is 2.33. The summed E-state index contributed by atoms with van der Waals surface area (Å²) in [5.41, 5.74) is 3.48. The summed E-state index contributed by atoms with van der Waals surface area (Å²) in [5, 5.41) is 1.97. The van der Waals surface area contributed by atoms with Crippen LogP contribution in [0.5, 0.6) is 5.75 Å². The van der Waals surface area contributed by atoms with Crippen LogP contribution in [0.1, 0.15) is 27.6 Å². The third-order valence-electron chi connectivity index (χ3n) is 3.51. The number of anilines is 1. The van der Waals surface area contributed by atoms with Gasteiger partial charge in [0.05, 0.1) is 17.7 Å². The maximum Gasteiger partial charge on any atom is 0.262 e. The molecule has 0 atom stereocenters. The summed E-state index contributed by atoms with van der Waals surface area (Å²) < 4.78 is 34.2. The first kappa shape index (κ1) is 15.7. The summed E-state index contributed by atoms with van der Waals surface area (Å²) in [6.45, 7) is 1.72. The number of halogens is 2. The maximum absolute atomic E-state index is 14.5. The van der Waals surface area contributed by atoms with Crippen LogP contribution in [0, 0.1) is 11.6 Å². The number of hydrogen-bond donors (Lipinski definition) is 2. The van der Waals surface area contributed by atoms with Crippen molar-refractivity contribution in [2.75, 3.05) is 12.3 Å². The summed E-state index contributed by atoms with van der Waals surface area (Å²) in [7, 11) is 0. The molecule has 124 valence electrons. The molecule has 0 aliphatic carbocycles. The average molecular weight is 335 g/mol. The molecule has 2 aromatic rings. The summed E-state index contributed by atoms with van der Waals surface area (Å²) in [5.74, 6) is -4.67. The van der Waals surface area contributed by atoms with Crippen LogP contribution in [0.2, 0.25) is 0 Å². The van der Waals surface area contributed by atoms with Gasteiger partial charge in [-0.25, -0.2) is 8.78 Å². The fourth-order valence-corrected chi connectivity index (χ4v) is 2.50. The third-order valence-corrected chi connectivity index (χ3v) is 3.51. The zero-order valence-corrected chi connectivity index (χ0v) is 12.4. The zero-order valence-electron chi connectivity index (χ0n) is 12.4. The van der Waals surface area contributed by atoms with Crippen molar-refractivity contribution in [3.63, 3.8) is 0 Å². The van der Waals surface area contributed by atoms with E-state index in [1.54, 1.807) is 6.92 Å². The van der Waals surface area contributed by atoms with Gasteiger partial charge in [0, 0.05) is 6.07 Å². The van der Waals surface area contributed by atoms with E-state index >= 15 is 0 Å². The molecule has 1 aliphatic heterocycles. The molecule has 2 heterocycles. The molecular formula is C15H11F2N3O4. The van der Waals surface area contributed by atoms with Crippen molar-refractivity contribution in [1.29, 1.82) is 0 Å². The molecule has 0 unspecified atom stereocenters. The Morgan fingerprint density at radius 1 is 1.21 bits per heavy atom. The summed E-state index contributed by atoms with van der Waals surface area (Å²) in [6, 6.07) is 2.79. The first-order valence-corrected chi connectivity index (χ1v) is 6.89. The number of rotatable bonds is 3. The van der Waals surface area contributed by atoms with Crippen LogP contribution >= 0.6 is 0 Å². The van der Waals surface area contributed by atoms with E-state index in [-0.39, 0.29) is 23.5 Å². The number of imide groups is 1. The Morgan fingerprint density at radius 2 is 1.92 bits per heavy atom. The van der Waals surface area contributed by atoms with E-state index in [1.807, 2.05) is 5.32 Å². The molecule has 9 heteroatoms. The Balaban J connectivity index is 2.35. The lowest BCUT2D eigenvalue weighted by atomic mass is 10.1. The number of carbonyl (C=O) groups excluding carboxylic acids is 2. The molecule has 0 radical (unpaired) electrons. The number of hydrogen-bond acceptors (Lipinski definition) is 5. The minimum atomic E-state index is -1.14. The van der Waals surface area contributed by atoms with E-state index in [2.05, 4.69) is 0 Å². The average Bonchev–Trinajstić information content (AvgIpc) is 2.80. The zero-order chi connectivity index (χ0) is 17.6. The smallest absolute Gasteiger partial charge is 0.262 e. The second-order valence-electron chi connectivity index (χ2n) is 4.92. The largest absolute Gasteiger partial charge is 0.491 e. The molecule has 1 aliphatic rings. The van der Waals surface area contributed by atoms with E-state index in [0.29, 0.717) is 4.57 Å². The molecule has 7 nitrogen and oxygen atoms in total. The molecule has 0 saturated carbocycles. The Labute approximate surface area is 133 Å². The van der Waals surface area contributed by atoms with E-state index in [1.165, 1.54) is 0 Å². The van der Waals surface area contributed by atoms with E-state index in [9.17, 15) is 23.2 Å². The Hall–Kier alpha value is -3.23. The van der Waals surface area contributed by atoms with Gasteiger partial charge in [0.15, 0.2) is 17.4 Å². The number of aromatic nitrogens is 1. The highest BCUT2D eigenvalue weighted by Crippen LogP contribution is 2.29. The van der Waals surface area contributed by atoms with Crippen LogP contribution in [0.15, 0.2) is 23.0 Å². The minimum Gasteiger partial charge on any atom is -0.491 e. The van der Waals surface area contributed by atoms with Crippen LogP contribution in [0.4, 0.5) is 14.6 Å².